The minimum absolute atomic E-state index is 0.0426. The number of hydrogen-bond donors (Lipinski definition) is 3. The van der Waals surface area contributed by atoms with E-state index >= 15 is 0 Å². The predicted molar refractivity (Wildman–Crippen MR) is 97.6 cm³/mol. The van der Waals surface area contributed by atoms with Crippen LogP contribution in [0.4, 0.5) is 0 Å². The number of aromatic hydroxyl groups is 1. The van der Waals surface area contributed by atoms with Crippen molar-refractivity contribution in [2.45, 2.75) is 6.42 Å². The molecule has 0 saturated carbocycles. The van der Waals surface area contributed by atoms with Crippen LogP contribution in [0.3, 0.4) is 0 Å². The van der Waals surface area contributed by atoms with Gasteiger partial charge < -0.3 is 5.11 Å². The fourth-order valence-corrected chi connectivity index (χ4v) is 2.68. The Hall–Kier alpha value is -3.00. The van der Waals surface area contributed by atoms with Crippen LogP contribution in [0.15, 0.2) is 56.8 Å². The number of fused-ring (bicyclic) bond motifs is 1. The van der Waals surface area contributed by atoms with Gasteiger partial charge >= 0.3 is 0 Å². The first-order chi connectivity index (χ1) is 12.0. The van der Waals surface area contributed by atoms with Crippen molar-refractivity contribution in [1.29, 1.82) is 0 Å². The zero-order chi connectivity index (χ0) is 17.8. The topological polar surface area (TPSA) is 107 Å². The fraction of sp³-hybridized carbons (Fsp3) is 0.0588. The van der Waals surface area contributed by atoms with Gasteiger partial charge in [-0.05, 0) is 24.3 Å². The molecular formula is C17H13BrN4O3. The lowest BCUT2D eigenvalue weighted by atomic mass is 10.1. The van der Waals surface area contributed by atoms with Gasteiger partial charge in [-0.1, -0.05) is 34.1 Å². The Balaban J connectivity index is 1.73. The fourth-order valence-electron chi connectivity index (χ4n) is 2.30. The Labute approximate surface area is 150 Å². The molecule has 0 saturated heterocycles. The Morgan fingerprint density at radius 2 is 2.04 bits per heavy atom. The minimum atomic E-state index is -0.393. The lowest BCUT2D eigenvalue weighted by molar-refractivity contribution is -0.120. The third kappa shape index (κ3) is 3.92. The Morgan fingerprint density at radius 3 is 2.84 bits per heavy atom. The van der Waals surface area contributed by atoms with E-state index in [9.17, 15) is 14.7 Å². The molecule has 7 nitrogen and oxygen atoms in total. The summed E-state index contributed by atoms with van der Waals surface area (Å²) in [6.45, 7) is 0. The monoisotopic (exact) mass is 400 g/mol. The van der Waals surface area contributed by atoms with Crippen LogP contribution in [0.25, 0.3) is 10.8 Å². The molecule has 126 valence electrons. The lowest BCUT2D eigenvalue weighted by Crippen LogP contribution is -2.22. The maximum Gasteiger partial charge on any atom is 0.272 e. The second-order valence-electron chi connectivity index (χ2n) is 5.22. The quantitative estimate of drug-likeness (QED) is 0.460. The number of nitrogens with one attached hydrogen (secondary N) is 2. The average molecular weight is 401 g/mol. The highest BCUT2D eigenvalue weighted by atomic mass is 79.9. The second kappa shape index (κ2) is 7.27. The van der Waals surface area contributed by atoms with Gasteiger partial charge in [0.15, 0.2) is 0 Å². The van der Waals surface area contributed by atoms with Crippen LogP contribution in [0.5, 0.6) is 5.75 Å². The highest BCUT2D eigenvalue weighted by molar-refractivity contribution is 9.10. The molecule has 0 radical (unpaired) electrons. The first-order valence-corrected chi connectivity index (χ1v) is 8.10. The summed E-state index contributed by atoms with van der Waals surface area (Å²) in [4.78, 5) is 23.8. The van der Waals surface area contributed by atoms with E-state index in [4.69, 9.17) is 0 Å². The Bertz CT molecular complexity index is 1030. The molecule has 0 spiro atoms. The van der Waals surface area contributed by atoms with Gasteiger partial charge in [0.05, 0.1) is 23.7 Å². The van der Waals surface area contributed by atoms with E-state index in [1.54, 1.807) is 36.4 Å². The van der Waals surface area contributed by atoms with E-state index in [-0.39, 0.29) is 17.7 Å². The normalized spacial score (nSPS) is 11.1. The zero-order valence-electron chi connectivity index (χ0n) is 12.9. The van der Waals surface area contributed by atoms with Crippen LogP contribution in [-0.2, 0) is 11.2 Å². The summed E-state index contributed by atoms with van der Waals surface area (Å²) in [5.41, 5.74) is 2.99. The highest BCUT2D eigenvalue weighted by Crippen LogP contribution is 2.20. The molecule has 0 bridgehead atoms. The molecule has 1 amide bonds. The molecule has 8 heteroatoms. The number of carbonyl (C=O) groups excluding carboxylic acids is 1. The highest BCUT2D eigenvalue weighted by Gasteiger charge is 2.10. The first-order valence-electron chi connectivity index (χ1n) is 7.31. The van der Waals surface area contributed by atoms with E-state index in [2.05, 4.69) is 36.7 Å². The predicted octanol–water partition coefficient (Wildman–Crippen LogP) is 2.08. The van der Waals surface area contributed by atoms with Gasteiger partial charge in [0, 0.05) is 15.4 Å². The van der Waals surface area contributed by atoms with Crippen LogP contribution in [-0.4, -0.2) is 27.4 Å². The molecule has 3 rings (SSSR count). The number of H-pyrrole nitrogens is 1. The molecule has 0 aliphatic heterocycles. The molecule has 2 aromatic carbocycles. The van der Waals surface area contributed by atoms with Gasteiger partial charge in [-0.25, -0.2) is 10.5 Å². The molecule has 0 fully saturated rings. The molecule has 25 heavy (non-hydrogen) atoms. The van der Waals surface area contributed by atoms with E-state index in [1.165, 1.54) is 12.3 Å². The molecular weight excluding hydrogens is 388 g/mol. The summed E-state index contributed by atoms with van der Waals surface area (Å²) in [7, 11) is 0. The number of hydrazone groups is 1. The maximum absolute atomic E-state index is 12.1. The number of amides is 1. The number of aromatic amines is 1. The SMILES string of the molecule is O=C(Cc1n[nH]c(=O)c2ccccc12)NN=Cc1cc(Br)ccc1O. The van der Waals surface area contributed by atoms with Gasteiger partial charge in [-0.2, -0.15) is 10.2 Å². The van der Waals surface area contributed by atoms with Gasteiger partial charge in [-0.15, -0.1) is 0 Å². The summed E-state index contributed by atoms with van der Waals surface area (Å²) >= 11 is 3.29. The van der Waals surface area contributed by atoms with Crippen molar-refractivity contribution in [2.24, 2.45) is 5.10 Å². The lowest BCUT2D eigenvalue weighted by Gasteiger charge is -2.04. The van der Waals surface area contributed by atoms with Crippen LogP contribution in [0.2, 0.25) is 0 Å². The van der Waals surface area contributed by atoms with E-state index in [1.807, 2.05) is 0 Å². The van der Waals surface area contributed by atoms with Crippen molar-refractivity contribution >= 4 is 38.8 Å². The second-order valence-corrected chi connectivity index (χ2v) is 6.13. The molecule has 0 atom stereocenters. The number of nitrogens with zero attached hydrogens (tertiary/aromatic N) is 2. The van der Waals surface area contributed by atoms with Crippen LogP contribution in [0.1, 0.15) is 11.3 Å². The molecule has 3 N–H and O–H groups in total. The summed E-state index contributed by atoms with van der Waals surface area (Å²) in [5, 5.41) is 21.0. The smallest absolute Gasteiger partial charge is 0.272 e. The van der Waals surface area contributed by atoms with Crippen molar-refractivity contribution in [3.8, 4) is 5.75 Å². The van der Waals surface area contributed by atoms with E-state index in [0.717, 1.165) is 4.47 Å². The Morgan fingerprint density at radius 1 is 1.28 bits per heavy atom. The number of benzene rings is 2. The third-order valence-electron chi connectivity index (χ3n) is 3.49. The van der Waals surface area contributed by atoms with Crippen molar-refractivity contribution in [2.75, 3.05) is 0 Å². The van der Waals surface area contributed by atoms with Crippen LogP contribution < -0.4 is 11.0 Å². The molecule has 0 aliphatic carbocycles. The first kappa shape index (κ1) is 16.8. The van der Waals surface area contributed by atoms with Gasteiger partial charge in [0.25, 0.3) is 5.56 Å². The number of phenolic OH excluding ortho intramolecular Hbond substituents is 1. The Kier molecular flexibility index (Phi) is 4.90. The van der Waals surface area contributed by atoms with Crippen molar-refractivity contribution in [1.82, 2.24) is 15.6 Å². The third-order valence-corrected chi connectivity index (χ3v) is 3.98. The number of hydrogen-bond acceptors (Lipinski definition) is 5. The van der Waals surface area contributed by atoms with Crippen molar-refractivity contribution < 1.29 is 9.90 Å². The summed E-state index contributed by atoms with van der Waals surface area (Å²) < 4.78 is 0.780. The molecule has 3 aromatic rings. The number of halogens is 1. The number of rotatable bonds is 4. The van der Waals surface area contributed by atoms with Crippen molar-refractivity contribution in [3.63, 3.8) is 0 Å². The van der Waals surface area contributed by atoms with E-state index < -0.39 is 5.91 Å². The van der Waals surface area contributed by atoms with Crippen LogP contribution >= 0.6 is 15.9 Å². The summed E-state index contributed by atoms with van der Waals surface area (Å²) in [6.07, 6.45) is 1.30. The zero-order valence-corrected chi connectivity index (χ0v) is 14.4. The van der Waals surface area contributed by atoms with Crippen molar-refractivity contribution in [3.05, 3.63) is 68.5 Å². The summed E-state index contributed by atoms with van der Waals surface area (Å²) in [5.74, 6) is -0.343. The largest absolute Gasteiger partial charge is 0.507 e. The molecule has 0 aliphatic rings. The van der Waals surface area contributed by atoms with Gasteiger partial charge in [0.1, 0.15) is 5.75 Å². The minimum Gasteiger partial charge on any atom is -0.507 e. The molecule has 0 unspecified atom stereocenters. The standard InChI is InChI=1S/C17H13BrN4O3/c18-11-5-6-15(23)10(7-11)9-19-21-16(24)8-14-12-3-1-2-4-13(12)17(25)22-20-14/h1-7,9,23H,8H2,(H,21,24)(H,22,25). The maximum atomic E-state index is 12.1. The number of aromatic nitrogens is 2. The van der Waals surface area contributed by atoms with E-state index in [0.29, 0.717) is 22.0 Å². The van der Waals surface area contributed by atoms with Gasteiger partial charge in [0.2, 0.25) is 5.91 Å². The molecule has 1 heterocycles. The number of carbonyl (C=O) groups is 1. The van der Waals surface area contributed by atoms with Gasteiger partial charge in [-0.3, -0.25) is 9.59 Å². The molecule has 1 aromatic heterocycles. The number of phenols is 1. The average Bonchev–Trinajstić information content (AvgIpc) is 2.61. The summed E-state index contributed by atoms with van der Waals surface area (Å²) in [6, 6.07) is 11.8. The van der Waals surface area contributed by atoms with Crippen LogP contribution in [0, 0.1) is 0 Å².